The number of hydrogen-bond donors (Lipinski definition) is 2. The summed E-state index contributed by atoms with van der Waals surface area (Å²) in [6.07, 6.45) is 2.91. The molecule has 4 heteroatoms. The van der Waals surface area contributed by atoms with Crippen LogP contribution >= 0.6 is 0 Å². The van der Waals surface area contributed by atoms with Crippen molar-refractivity contribution in [3.63, 3.8) is 0 Å². The number of carbonyl (C=O) groups excluding carboxylic acids is 1. The van der Waals surface area contributed by atoms with Gasteiger partial charge in [-0.2, -0.15) is 0 Å². The molecule has 0 aliphatic heterocycles. The van der Waals surface area contributed by atoms with Gasteiger partial charge in [-0.15, -0.1) is 0 Å². The van der Waals surface area contributed by atoms with E-state index in [9.17, 15) is 9.18 Å². The van der Waals surface area contributed by atoms with Gasteiger partial charge in [0.1, 0.15) is 5.82 Å². The van der Waals surface area contributed by atoms with Crippen molar-refractivity contribution in [2.75, 3.05) is 5.73 Å². The summed E-state index contributed by atoms with van der Waals surface area (Å²) in [7, 11) is 0. The van der Waals surface area contributed by atoms with Gasteiger partial charge in [-0.3, -0.25) is 4.79 Å². The Morgan fingerprint density at radius 2 is 2.05 bits per heavy atom. The van der Waals surface area contributed by atoms with Crippen molar-refractivity contribution in [3.8, 4) is 0 Å². The Morgan fingerprint density at radius 3 is 2.90 bits per heavy atom. The molecule has 2 aromatic rings. The molecule has 0 saturated carbocycles. The molecule has 21 heavy (non-hydrogen) atoms. The van der Waals surface area contributed by atoms with Crippen LogP contribution in [-0.4, -0.2) is 5.91 Å². The number of nitrogen functional groups attached to an aromatic ring is 1. The molecule has 0 saturated heterocycles. The lowest BCUT2D eigenvalue weighted by atomic mass is 9.87. The summed E-state index contributed by atoms with van der Waals surface area (Å²) in [5.41, 5.74) is 8.38. The molecule has 0 radical (unpaired) electrons. The second-order valence-corrected chi connectivity index (χ2v) is 5.36. The molecule has 1 unspecified atom stereocenters. The molecule has 3 nitrogen and oxygen atoms in total. The Hall–Kier alpha value is -2.36. The Labute approximate surface area is 123 Å². The maximum atomic E-state index is 13.8. The van der Waals surface area contributed by atoms with E-state index in [0.717, 1.165) is 24.8 Å². The van der Waals surface area contributed by atoms with E-state index in [0.29, 0.717) is 5.69 Å². The van der Waals surface area contributed by atoms with Crippen molar-refractivity contribution in [1.82, 2.24) is 5.32 Å². The quantitative estimate of drug-likeness (QED) is 0.832. The zero-order valence-corrected chi connectivity index (χ0v) is 11.6. The van der Waals surface area contributed by atoms with E-state index in [4.69, 9.17) is 5.73 Å². The molecule has 0 spiro atoms. The van der Waals surface area contributed by atoms with Gasteiger partial charge < -0.3 is 11.1 Å². The lowest BCUT2D eigenvalue weighted by Crippen LogP contribution is -2.31. The van der Waals surface area contributed by atoms with Crippen molar-refractivity contribution in [2.45, 2.75) is 25.3 Å². The lowest BCUT2D eigenvalue weighted by molar-refractivity contribution is 0.0928. The number of carbonyl (C=O) groups is 1. The molecule has 0 fully saturated rings. The number of nitrogens with one attached hydrogen (secondary N) is 1. The second-order valence-electron chi connectivity index (χ2n) is 5.36. The molecular formula is C17H17FN2O. The Balaban J connectivity index is 1.84. The molecule has 108 valence electrons. The van der Waals surface area contributed by atoms with Gasteiger partial charge in [-0.1, -0.05) is 24.3 Å². The van der Waals surface area contributed by atoms with Crippen molar-refractivity contribution >= 4 is 11.6 Å². The fourth-order valence-electron chi connectivity index (χ4n) is 2.86. The van der Waals surface area contributed by atoms with Gasteiger partial charge in [0.05, 0.1) is 11.6 Å². The zero-order valence-electron chi connectivity index (χ0n) is 11.6. The highest BCUT2D eigenvalue weighted by molar-refractivity contribution is 5.95. The minimum atomic E-state index is -0.550. The van der Waals surface area contributed by atoms with Gasteiger partial charge in [0, 0.05) is 5.69 Å². The fourth-order valence-corrected chi connectivity index (χ4v) is 2.86. The highest BCUT2D eigenvalue weighted by Gasteiger charge is 2.23. The largest absolute Gasteiger partial charge is 0.399 e. The van der Waals surface area contributed by atoms with Crippen molar-refractivity contribution < 1.29 is 9.18 Å². The zero-order chi connectivity index (χ0) is 14.8. The summed E-state index contributed by atoms with van der Waals surface area (Å²) in [5.74, 6) is -0.965. The van der Waals surface area contributed by atoms with Crippen LogP contribution in [0.1, 0.15) is 40.4 Å². The van der Waals surface area contributed by atoms with Crippen molar-refractivity contribution in [2.24, 2.45) is 0 Å². The average Bonchev–Trinajstić information content (AvgIpc) is 2.50. The number of nitrogens with two attached hydrogens (primary N) is 1. The van der Waals surface area contributed by atoms with Crippen LogP contribution in [0.4, 0.5) is 10.1 Å². The van der Waals surface area contributed by atoms with Crippen LogP contribution in [0.15, 0.2) is 42.5 Å². The number of fused-ring (bicyclic) bond motifs is 1. The van der Waals surface area contributed by atoms with Crippen LogP contribution in [0.3, 0.4) is 0 Å². The summed E-state index contributed by atoms with van der Waals surface area (Å²) in [6, 6.07) is 12.0. The van der Waals surface area contributed by atoms with Gasteiger partial charge in [0.15, 0.2) is 0 Å². The summed E-state index contributed by atoms with van der Waals surface area (Å²) >= 11 is 0. The molecule has 0 aromatic heterocycles. The van der Waals surface area contributed by atoms with E-state index in [1.807, 2.05) is 18.2 Å². The Kier molecular flexibility index (Phi) is 3.60. The topological polar surface area (TPSA) is 55.1 Å². The van der Waals surface area contributed by atoms with E-state index in [-0.39, 0.29) is 11.6 Å². The number of halogens is 1. The summed E-state index contributed by atoms with van der Waals surface area (Å²) in [4.78, 5) is 12.3. The third-order valence-electron chi connectivity index (χ3n) is 3.91. The Bertz CT molecular complexity index is 684. The molecule has 0 heterocycles. The number of benzene rings is 2. The predicted octanol–water partition coefficient (Wildman–Crippen LogP) is 3.22. The van der Waals surface area contributed by atoms with Crippen LogP contribution in [0.25, 0.3) is 0 Å². The number of aryl methyl sites for hydroxylation is 1. The smallest absolute Gasteiger partial charge is 0.254 e. The van der Waals surface area contributed by atoms with E-state index < -0.39 is 11.7 Å². The molecule has 1 aliphatic carbocycles. The van der Waals surface area contributed by atoms with Gasteiger partial charge in [-0.05, 0) is 48.6 Å². The second kappa shape index (κ2) is 5.56. The molecule has 3 N–H and O–H groups in total. The van der Waals surface area contributed by atoms with Crippen LogP contribution < -0.4 is 11.1 Å². The van der Waals surface area contributed by atoms with Crippen molar-refractivity contribution in [1.29, 1.82) is 0 Å². The number of anilines is 1. The monoisotopic (exact) mass is 284 g/mol. The lowest BCUT2D eigenvalue weighted by Gasteiger charge is -2.26. The fraction of sp³-hybridized carbons (Fsp3) is 0.235. The van der Waals surface area contributed by atoms with E-state index >= 15 is 0 Å². The number of amides is 1. The molecule has 2 aromatic carbocycles. The third kappa shape index (κ3) is 2.75. The number of rotatable bonds is 2. The molecule has 1 amide bonds. The minimum absolute atomic E-state index is 0.00180. The Morgan fingerprint density at radius 1 is 1.24 bits per heavy atom. The standard InChI is InChI=1S/C17H17FN2O/c18-15-9-8-12(19)10-14(15)17(21)20-16-7-3-5-11-4-1-2-6-13(11)16/h1-2,4,6,8-10,16H,3,5,7,19H2,(H,20,21). The average molecular weight is 284 g/mol. The molecule has 1 aliphatic rings. The highest BCUT2D eigenvalue weighted by atomic mass is 19.1. The molecule has 0 bridgehead atoms. The molecule has 3 rings (SSSR count). The first-order valence-electron chi connectivity index (χ1n) is 7.09. The predicted molar refractivity (Wildman–Crippen MR) is 80.4 cm³/mol. The first-order chi connectivity index (χ1) is 10.1. The van der Waals surface area contributed by atoms with Crippen LogP contribution in [-0.2, 0) is 6.42 Å². The summed E-state index contributed by atoms with van der Waals surface area (Å²) < 4.78 is 13.8. The maximum Gasteiger partial charge on any atom is 0.254 e. The maximum absolute atomic E-state index is 13.8. The molecular weight excluding hydrogens is 267 g/mol. The van der Waals surface area contributed by atoms with Crippen molar-refractivity contribution in [3.05, 3.63) is 65.0 Å². The summed E-state index contributed by atoms with van der Waals surface area (Å²) in [5, 5.41) is 2.92. The highest BCUT2D eigenvalue weighted by Crippen LogP contribution is 2.29. The number of hydrogen-bond acceptors (Lipinski definition) is 2. The van der Waals surface area contributed by atoms with E-state index in [2.05, 4.69) is 11.4 Å². The van der Waals surface area contributed by atoms with Gasteiger partial charge in [0.2, 0.25) is 0 Å². The van der Waals surface area contributed by atoms with E-state index in [1.165, 1.54) is 23.8 Å². The van der Waals surface area contributed by atoms with Gasteiger partial charge >= 0.3 is 0 Å². The first-order valence-corrected chi connectivity index (χ1v) is 7.09. The van der Waals surface area contributed by atoms with Gasteiger partial charge in [0.25, 0.3) is 5.91 Å². The van der Waals surface area contributed by atoms with Gasteiger partial charge in [-0.25, -0.2) is 4.39 Å². The van der Waals surface area contributed by atoms with Crippen LogP contribution in [0.5, 0.6) is 0 Å². The van der Waals surface area contributed by atoms with E-state index in [1.54, 1.807) is 0 Å². The summed E-state index contributed by atoms with van der Waals surface area (Å²) in [6.45, 7) is 0. The van der Waals surface area contributed by atoms with Crippen LogP contribution in [0, 0.1) is 5.82 Å². The third-order valence-corrected chi connectivity index (χ3v) is 3.91. The first kappa shape index (κ1) is 13.6. The minimum Gasteiger partial charge on any atom is -0.399 e. The normalized spacial score (nSPS) is 17.1. The van der Waals surface area contributed by atoms with Crippen LogP contribution in [0.2, 0.25) is 0 Å². The SMILES string of the molecule is Nc1ccc(F)c(C(=O)NC2CCCc3ccccc32)c1. The molecule has 1 atom stereocenters.